The van der Waals surface area contributed by atoms with Gasteiger partial charge in [0.05, 0.1) is 29.1 Å². The quantitative estimate of drug-likeness (QED) is 0.296. The molecule has 0 aliphatic heterocycles. The van der Waals surface area contributed by atoms with Crippen molar-refractivity contribution >= 4 is 16.1 Å². The second-order valence-corrected chi connectivity index (χ2v) is 4.31. The molecule has 4 N–H and O–H groups in total. The summed E-state index contributed by atoms with van der Waals surface area (Å²) in [5.41, 5.74) is 0. The van der Waals surface area contributed by atoms with Crippen molar-refractivity contribution in [3.05, 3.63) is 12.7 Å². The van der Waals surface area contributed by atoms with Crippen molar-refractivity contribution in [2.75, 3.05) is 19.0 Å². The molecule has 7 nitrogen and oxygen atoms in total. The fourth-order valence-electron chi connectivity index (χ4n) is 0.691. The van der Waals surface area contributed by atoms with Gasteiger partial charge in [-0.1, -0.05) is 6.58 Å². The predicted molar refractivity (Wildman–Crippen MR) is 57.1 cm³/mol. The van der Waals surface area contributed by atoms with Crippen LogP contribution in [-0.4, -0.2) is 44.0 Å². The molecule has 0 heterocycles. The van der Waals surface area contributed by atoms with Gasteiger partial charge in [-0.15, -0.1) is 0 Å². The molecule has 0 aliphatic carbocycles. The summed E-state index contributed by atoms with van der Waals surface area (Å²) in [7, 11) is -4.25. The first-order valence-electron chi connectivity index (χ1n) is 4.19. The monoisotopic (exact) mass is 255 g/mol. The first kappa shape index (κ1) is 17.4. The zero-order valence-electron chi connectivity index (χ0n) is 9.34. The third-order valence-corrected chi connectivity index (χ3v) is 1.98. The smallest absolute Gasteiger partial charge is 0.330 e. The van der Waals surface area contributed by atoms with Crippen molar-refractivity contribution in [1.29, 1.82) is 0 Å². The van der Waals surface area contributed by atoms with Crippen molar-refractivity contribution in [2.45, 2.75) is 13.0 Å². The van der Waals surface area contributed by atoms with Crippen LogP contribution in [0.15, 0.2) is 12.7 Å². The summed E-state index contributed by atoms with van der Waals surface area (Å²) in [6.45, 7) is 4.61. The number of quaternary nitrogens is 1. The highest BCUT2D eigenvalue weighted by atomic mass is 32.2. The molecule has 1 unspecified atom stereocenters. The van der Waals surface area contributed by atoms with E-state index in [0.29, 0.717) is 0 Å². The van der Waals surface area contributed by atoms with Crippen LogP contribution >= 0.6 is 0 Å². The number of carbonyl (C=O) groups excluding carboxylic acids is 1. The lowest BCUT2D eigenvalue weighted by molar-refractivity contribution is -0.144. The van der Waals surface area contributed by atoms with Crippen LogP contribution in [-0.2, 0) is 24.4 Å². The highest BCUT2D eigenvalue weighted by Crippen LogP contribution is 1.94. The van der Waals surface area contributed by atoms with Gasteiger partial charge in [-0.25, -0.2) is 13.2 Å². The molecule has 0 saturated carbocycles. The van der Waals surface area contributed by atoms with E-state index in [1.165, 1.54) is 0 Å². The minimum absolute atomic E-state index is 0. The molecule has 0 saturated heterocycles. The Labute approximate surface area is 94.8 Å². The molecule has 0 aromatic rings. The van der Waals surface area contributed by atoms with Crippen LogP contribution in [0.4, 0.5) is 0 Å². The van der Waals surface area contributed by atoms with Crippen LogP contribution in [0.1, 0.15) is 6.92 Å². The Morgan fingerprint density at radius 1 is 1.56 bits per heavy atom. The van der Waals surface area contributed by atoms with Crippen molar-refractivity contribution in [1.82, 2.24) is 6.15 Å². The zero-order chi connectivity index (χ0) is 11.9. The van der Waals surface area contributed by atoms with Gasteiger partial charge in [0.15, 0.2) is 0 Å². The van der Waals surface area contributed by atoms with Crippen molar-refractivity contribution in [2.24, 2.45) is 0 Å². The van der Waals surface area contributed by atoms with Crippen LogP contribution in [0.2, 0.25) is 0 Å². The van der Waals surface area contributed by atoms with Crippen molar-refractivity contribution < 1.29 is 27.2 Å². The van der Waals surface area contributed by atoms with E-state index in [4.69, 9.17) is 9.47 Å². The fourth-order valence-corrected chi connectivity index (χ4v) is 1.01. The molecule has 0 bridgehead atoms. The molecule has 1 atom stereocenters. The Balaban J connectivity index is 0. The average molecular weight is 255 g/mol. The topological polar surface area (TPSA) is 129 Å². The van der Waals surface area contributed by atoms with Gasteiger partial charge in [0.2, 0.25) is 0 Å². The molecule has 0 fully saturated rings. The molecule has 0 aliphatic rings. The largest absolute Gasteiger partial charge is 0.748 e. The molecule has 0 aromatic carbocycles. The molecule has 96 valence electrons. The number of hydrogen-bond donors (Lipinski definition) is 1. The van der Waals surface area contributed by atoms with E-state index in [9.17, 15) is 17.8 Å². The van der Waals surface area contributed by atoms with Gasteiger partial charge >= 0.3 is 5.97 Å². The maximum atomic E-state index is 10.7. The molecular formula is C8H17NO6S. The van der Waals surface area contributed by atoms with Crippen LogP contribution in [0.25, 0.3) is 0 Å². The third-order valence-electron chi connectivity index (χ3n) is 1.31. The average Bonchev–Trinajstić information content (AvgIpc) is 2.11. The van der Waals surface area contributed by atoms with E-state index in [1.54, 1.807) is 6.92 Å². The Morgan fingerprint density at radius 3 is 2.56 bits per heavy atom. The van der Waals surface area contributed by atoms with Gasteiger partial charge in [-0.05, 0) is 6.92 Å². The Hall–Kier alpha value is -0.960. The standard InChI is InChI=1S/C8H14O6S.H3N/c1-3-8(9)14-7(2)6-13-4-5-15(10,11)12;/h3,7H,1,4-6H2,2H3,(H,10,11,12);1H3. The molecule has 0 aromatic heterocycles. The number of ether oxygens (including phenoxy) is 2. The lowest BCUT2D eigenvalue weighted by atomic mass is 10.4. The lowest BCUT2D eigenvalue weighted by Gasteiger charge is -2.12. The van der Waals surface area contributed by atoms with Crippen LogP contribution < -0.4 is 6.15 Å². The highest BCUT2D eigenvalue weighted by molar-refractivity contribution is 7.85. The Morgan fingerprint density at radius 2 is 2.12 bits per heavy atom. The minimum Gasteiger partial charge on any atom is -0.748 e. The van der Waals surface area contributed by atoms with E-state index < -0.39 is 27.9 Å². The summed E-state index contributed by atoms with van der Waals surface area (Å²) >= 11 is 0. The van der Waals surface area contributed by atoms with E-state index in [0.717, 1.165) is 6.08 Å². The second-order valence-electron chi connectivity index (χ2n) is 2.79. The summed E-state index contributed by atoms with van der Waals surface area (Å²) in [5.74, 6) is -1.17. The summed E-state index contributed by atoms with van der Waals surface area (Å²) < 4.78 is 40.0. The number of esters is 1. The van der Waals surface area contributed by atoms with Gasteiger partial charge in [0.1, 0.15) is 6.10 Å². The van der Waals surface area contributed by atoms with Crippen LogP contribution in [0, 0.1) is 0 Å². The molecule has 16 heavy (non-hydrogen) atoms. The molecule has 0 amide bonds. The third kappa shape index (κ3) is 11.1. The van der Waals surface area contributed by atoms with Crippen LogP contribution in [0.3, 0.4) is 0 Å². The maximum absolute atomic E-state index is 10.7. The van der Waals surface area contributed by atoms with Crippen molar-refractivity contribution in [3.8, 4) is 0 Å². The minimum atomic E-state index is -4.25. The van der Waals surface area contributed by atoms with E-state index >= 15 is 0 Å². The van der Waals surface area contributed by atoms with E-state index in [2.05, 4.69) is 6.58 Å². The van der Waals surface area contributed by atoms with Gasteiger partial charge in [0.25, 0.3) is 0 Å². The summed E-state index contributed by atoms with van der Waals surface area (Å²) in [6.07, 6.45) is 0.503. The van der Waals surface area contributed by atoms with E-state index in [1.807, 2.05) is 0 Å². The normalized spacial score (nSPS) is 12.4. The maximum Gasteiger partial charge on any atom is 0.330 e. The molecule has 0 spiro atoms. The summed E-state index contributed by atoms with van der Waals surface area (Å²) in [5, 5.41) is 0. The van der Waals surface area contributed by atoms with Gasteiger partial charge in [0, 0.05) is 6.08 Å². The Kier molecular flexibility index (Phi) is 8.96. The van der Waals surface area contributed by atoms with E-state index in [-0.39, 0.29) is 19.4 Å². The zero-order valence-corrected chi connectivity index (χ0v) is 10.2. The number of rotatable bonds is 7. The second kappa shape index (κ2) is 8.22. The lowest BCUT2D eigenvalue weighted by Crippen LogP contribution is -2.21. The first-order valence-corrected chi connectivity index (χ1v) is 5.77. The number of hydrogen-bond acceptors (Lipinski definition) is 6. The SMILES string of the molecule is C=CC(=O)OC(C)COCCS(=O)(=O)[O-].[NH4+]. The predicted octanol–water partition coefficient (Wildman–Crippen LogP) is 0.0421. The first-order chi connectivity index (χ1) is 6.85. The molecule has 0 rings (SSSR count). The highest BCUT2D eigenvalue weighted by Gasteiger charge is 2.06. The molecule has 0 radical (unpaired) electrons. The molecular weight excluding hydrogens is 238 g/mol. The van der Waals surface area contributed by atoms with Gasteiger partial charge in [-0.2, -0.15) is 0 Å². The Bertz CT molecular complexity index is 312. The number of carbonyl (C=O) groups is 1. The van der Waals surface area contributed by atoms with Crippen molar-refractivity contribution in [3.63, 3.8) is 0 Å². The van der Waals surface area contributed by atoms with Gasteiger partial charge < -0.3 is 20.2 Å². The molecule has 8 heteroatoms. The van der Waals surface area contributed by atoms with Gasteiger partial charge in [-0.3, -0.25) is 0 Å². The summed E-state index contributed by atoms with van der Waals surface area (Å²) in [6, 6.07) is 0. The summed E-state index contributed by atoms with van der Waals surface area (Å²) in [4.78, 5) is 10.7. The fraction of sp³-hybridized carbons (Fsp3) is 0.625. The van der Waals surface area contributed by atoms with Crippen LogP contribution in [0.5, 0.6) is 0 Å².